The van der Waals surface area contributed by atoms with Crippen LogP contribution in [0.3, 0.4) is 0 Å². The van der Waals surface area contributed by atoms with E-state index >= 15 is 0 Å². The lowest BCUT2D eigenvalue weighted by molar-refractivity contribution is -0.757. The summed E-state index contributed by atoms with van der Waals surface area (Å²) in [6, 6.07) is 13.8. The van der Waals surface area contributed by atoms with E-state index in [2.05, 4.69) is 4.84 Å². The molecule has 0 saturated heterocycles. The minimum absolute atomic E-state index is 0.0000739. The molecule has 13 heteroatoms. The van der Waals surface area contributed by atoms with Crippen LogP contribution in [0.2, 0.25) is 0 Å². The molecule has 0 fully saturated rings. The number of unbranched alkanes of at least 4 members (excludes halogenated alkanes) is 2. The van der Waals surface area contributed by atoms with Crippen LogP contribution in [0.5, 0.6) is 0 Å². The van der Waals surface area contributed by atoms with Crippen LogP contribution < -0.4 is 0 Å². The van der Waals surface area contributed by atoms with Gasteiger partial charge in [-0.2, -0.15) is 0 Å². The molecule has 12 nitrogen and oxygen atoms in total. The van der Waals surface area contributed by atoms with Crippen LogP contribution in [0.15, 0.2) is 59.5 Å². The van der Waals surface area contributed by atoms with Crippen molar-refractivity contribution < 1.29 is 47.3 Å². The largest absolute Gasteiger partial charge is 0.479 e. The van der Waals surface area contributed by atoms with Crippen molar-refractivity contribution in [3.63, 3.8) is 0 Å². The Bertz CT molecular complexity index is 1300. The van der Waals surface area contributed by atoms with Crippen molar-refractivity contribution in [1.29, 1.82) is 0 Å². The fourth-order valence-corrected chi connectivity index (χ4v) is 4.04. The highest BCUT2D eigenvalue weighted by Crippen LogP contribution is 2.29. The van der Waals surface area contributed by atoms with Gasteiger partial charge in [-0.1, -0.05) is 48.9 Å². The number of aliphatic carboxylic acids is 1. The highest BCUT2D eigenvalue weighted by molar-refractivity contribution is 7.90. The summed E-state index contributed by atoms with van der Waals surface area (Å²) in [6.07, 6.45) is 0.813. The predicted octanol–water partition coefficient (Wildman–Crippen LogP) is 3.33. The maximum Gasteiger partial charge on any atom is 0.344 e. The lowest BCUT2D eigenvalue weighted by Gasteiger charge is -2.18. The minimum Gasteiger partial charge on any atom is -0.479 e. The van der Waals surface area contributed by atoms with Crippen LogP contribution in [0, 0.1) is 10.1 Å². The van der Waals surface area contributed by atoms with E-state index < -0.39 is 45.5 Å². The summed E-state index contributed by atoms with van der Waals surface area (Å²) in [4.78, 5) is 51.4. The zero-order valence-electron chi connectivity index (χ0n) is 21.4. The molecule has 0 heterocycles. The van der Waals surface area contributed by atoms with Gasteiger partial charge in [-0.25, -0.2) is 18.0 Å². The van der Waals surface area contributed by atoms with Gasteiger partial charge in [-0.3, -0.25) is 4.79 Å². The van der Waals surface area contributed by atoms with Gasteiger partial charge in [-0.15, -0.1) is 10.1 Å². The SMILES string of the molecule is CC(OC(=O)/C(=C(/COC(=O)CCCCCO[N+](=O)[O-])c1ccc(S(C)(=O)=O)cc1)c1ccccc1)C(=O)O. The van der Waals surface area contributed by atoms with E-state index in [1.165, 1.54) is 31.2 Å². The third-order valence-electron chi connectivity index (χ3n) is 5.43. The second-order valence-electron chi connectivity index (χ2n) is 8.43. The Kier molecular flexibility index (Phi) is 11.6. The molecule has 0 saturated carbocycles. The van der Waals surface area contributed by atoms with Crippen molar-refractivity contribution in [2.24, 2.45) is 0 Å². The zero-order chi connectivity index (χ0) is 29.0. The first-order valence-corrected chi connectivity index (χ1v) is 13.7. The molecular weight excluding hydrogens is 534 g/mol. The summed E-state index contributed by atoms with van der Waals surface area (Å²) >= 11 is 0. The number of sulfone groups is 1. The third-order valence-corrected chi connectivity index (χ3v) is 6.56. The number of ether oxygens (including phenoxy) is 2. The minimum atomic E-state index is -3.51. The summed E-state index contributed by atoms with van der Waals surface area (Å²) in [5.74, 6) is -2.93. The van der Waals surface area contributed by atoms with Crippen LogP contribution in [0.1, 0.15) is 43.7 Å². The number of hydrogen-bond donors (Lipinski definition) is 1. The van der Waals surface area contributed by atoms with Crippen molar-refractivity contribution in [2.75, 3.05) is 19.5 Å². The van der Waals surface area contributed by atoms with Gasteiger partial charge in [0.2, 0.25) is 0 Å². The Hall–Kier alpha value is -4.26. The van der Waals surface area contributed by atoms with E-state index in [9.17, 15) is 38.0 Å². The van der Waals surface area contributed by atoms with E-state index in [4.69, 9.17) is 9.47 Å². The number of nitrogens with zero attached hydrogens (tertiary/aromatic N) is 1. The topological polar surface area (TPSA) is 176 Å². The number of esters is 2. The average Bonchev–Trinajstić information content (AvgIpc) is 2.88. The van der Waals surface area contributed by atoms with Gasteiger partial charge < -0.3 is 19.4 Å². The van der Waals surface area contributed by atoms with E-state index in [-0.39, 0.29) is 29.1 Å². The Balaban J connectivity index is 2.40. The third kappa shape index (κ3) is 10.2. The number of carbonyl (C=O) groups is 3. The standard InChI is InChI=1S/C26H29NO11S/c1-18(25(29)30)38-26(31)24(20-9-5-3-6-10-20)22(19-12-14-21(15-13-19)39(2,34)35)17-36-23(28)11-7-4-8-16-37-27(32)33/h3,5-6,9-10,12-15,18H,4,7-8,11,16-17H2,1-2H3,(H,29,30)/b24-22-. The van der Waals surface area contributed by atoms with Gasteiger partial charge in [0.05, 0.1) is 17.1 Å². The number of hydrogen-bond acceptors (Lipinski definition) is 10. The summed E-state index contributed by atoms with van der Waals surface area (Å²) < 4.78 is 34.4. The maximum atomic E-state index is 13.2. The normalized spacial score (nSPS) is 12.6. The molecule has 0 amide bonds. The lowest BCUT2D eigenvalue weighted by atomic mass is 9.95. The molecule has 1 unspecified atom stereocenters. The molecule has 2 aromatic rings. The van der Waals surface area contributed by atoms with Crippen molar-refractivity contribution in [1.82, 2.24) is 0 Å². The summed E-state index contributed by atoms with van der Waals surface area (Å²) in [5, 5.41) is 18.5. The van der Waals surface area contributed by atoms with Crippen molar-refractivity contribution in [3.8, 4) is 0 Å². The van der Waals surface area contributed by atoms with E-state index in [0.717, 1.165) is 6.26 Å². The second kappa shape index (κ2) is 14.6. The first-order chi connectivity index (χ1) is 18.4. The number of carboxylic acid groups (broad SMARTS) is 1. The summed E-state index contributed by atoms with van der Waals surface area (Å²) in [5.41, 5.74) is 0.840. The monoisotopic (exact) mass is 563 g/mol. The number of benzene rings is 2. The Morgan fingerprint density at radius 1 is 0.974 bits per heavy atom. The van der Waals surface area contributed by atoms with Crippen LogP contribution in [-0.2, 0) is 38.5 Å². The van der Waals surface area contributed by atoms with Crippen molar-refractivity contribution in [3.05, 3.63) is 75.8 Å². The smallest absolute Gasteiger partial charge is 0.344 e. The Labute approximate surface area is 225 Å². The Morgan fingerprint density at radius 3 is 2.18 bits per heavy atom. The van der Waals surface area contributed by atoms with E-state index in [1.54, 1.807) is 30.3 Å². The van der Waals surface area contributed by atoms with E-state index in [1.807, 2.05) is 0 Å². The molecule has 0 aromatic heterocycles. The number of rotatable bonds is 15. The van der Waals surface area contributed by atoms with Gasteiger partial charge >= 0.3 is 17.9 Å². The molecular formula is C26H29NO11S. The molecule has 0 aliphatic rings. The van der Waals surface area contributed by atoms with E-state index in [0.29, 0.717) is 30.4 Å². The fourth-order valence-electron chi connectivity index (χ4n) is 3.41. The van der Waals surface area contributed by atoms with Gasteiger partial charge in [0.15, 0.2) is 15.9 Å². The molecule has 0 radical (unpaired) electrons. The molecule has 1 atom stereocenters. The highest BCUT2D eigenvalue weighted by atomic mass is 32.2. The molecule has 39 heavy (non-hydrogen) atoms. The molecule has 0 aliphatic heterocycles. The average molecular weight is 564 g/mol. The maximum absolute atomic E-state index is 13.2. The van der Waals surface area contributed by atoms with Gasteiger partial charge in [0.1, 0.15) is 6.61 Å². The lowest BCUT2D eigenvalue weighted by Crippen LogP contribution is -2.25. The molecule has 0 spiro atoms. The van der Waals surface area contributed by atoms with Crippen molar-refractivity contribution >= 4 is 38.9 Å². The number of carbonyl (C=O) groups excluding carboxylic acids is 2. The quantitative estimate of drug-likeness (QED) is 0.0839. The molecule has 1 N–H and O–H groups in total. The van der Waals surface area contributed by atoms with Gasteiger partial charge in [0, 0.05) is 18.2 Å². The van der Waals surface area contributed by atoms with Gasteiger partial charge in [0.25, 0.3) is 5.09 Å². The first kappa shape index (κ1) is 31.0. The van der Waals surface area contributed by atoms with Crippen LogP contribution in [0.25, 0.3) is 11.1 Å². The molecule has 2 rings (SSSR count). The first-order valence-electron chi connectivity index (χ1n) is 11.9. The molecule has 0 aliphatic carbocycles. The molecule has 2 aromatic carbocycles. The zero-order valence-corrected chi connectivity index (χ0v) is 22.2. The van der Waals surface area contributed by atoms with Crippen LogP contribution in [0.4, 0.5) is 0 Å². The summed E-state index contributed by atoms with van der Waals surface area (Å²) in [7, 11) is -3.51. The second-order valence-corrected chi connectivity index (χ2v) is 10.4. The Morgan fingerprint density at radius 2 is 1.62 bits per heavy atom. The highest BCUT2D eigenvalue weighted by Gasteiger charge is 2.25. The number of carboxylic acids is 1. The summed E-state index contributed by atoms with van der Waals surface area (Å²) in [6.45, 7) is 0.706. The molecule has 0 bridgehead atoms. The predicted molar refractivity (Wildman–Crippen MR) is 138 cm³/mol. The van der Waals surface area contributed by atoms with Gasteiger partial charge in [-0.05, 0) is 43.0 Å². The van der Waals surface area contributed by atoms with Crippen LogP contribution in [-0.4, -0.2) is 62.1 Å². The molecule has 210 valence electrons. The van der Waals surface area contributed by atoms with Crippen LogP contribution >= 0.6 is 0 Å². The van der Waals surface area contributed by atoms with Crippen molar-refractivity contribution in [2.45, 2.75) is 43.6 Å². The fraction of sp³-hybridized carbons (Fsp3) is 0.346.